The molecule has 0 radical (unpaired) electrons. The molecule has 0 spiro atoms. The van der Waals surface area contributed by atoms with Gasteiger partial charge in [-0.1, -0.05) is 0 Å². The molecular weight excluding hydrogens is 192 g/mol. The zero-order valence-corrected chi connectivity index (χ0v) is 9.58. The highest BCUT2D eigenvalue weighted by molar-refractivity contribution is 4.96. The first kappa shape index (κ1) is 11.3. The van der Waals surface area contributed by atoms with Crippen LogP contribution in [0.25, 0.3) is 0 Å². The van der Waals surface area contributed by atoms with Crippen LogP contribution in [0.2, 0.25) is 0 Å². The van der Waals surface area contributed by atoms with Gasteiger partial charge in [-0.05, 0) is 26.3 Å². The second-order valence-corrected chi connectivity index (χ2v) is 4.69. The predicted molar refractivity (Wildman–Crippen MR) is 58.8 cm³/mol. The molecule has 2 aliphatic rings. The van der Waals surface area contributed by atoms with Crippen LogP contribution in [0.15, 0.2) is 0 Å². The third-order valence-corrected chi connectivity index (χ3v) is 3.95. The van der Waals surface area contributed by atoms with E-state index in [1.807, 2.05) is 0 Å². The number of ether oxygens (including phenoxy) is 2. The van der Waals surface area contributed by atoms with Gasteiger partial charge in [0.25, 0.3) is 0 Å². The summed E-state index contributed by atoms with van der Waals surface area (Å²) in [5.41, 5.74) is 6.01. The summed E-state index contributed by atoms with van der Waals surface area (Å²) in [6.07, 6.45) is 3.31. The quantitative estimate of drug-likeness (QED) is 0.730. The van der Waals surface area contributed by atoms with Crippen molar-refractivity contribution in [3.63, 3.8) is 0 Å². The molecule has 0 aromatic carbocycles. The van der Waals surface area contributed by atoms with Crippen LogP contribution >= 0.6 is 0 Å². The largest absolute Gasteiger partial charge is 0.381 e. The lowest BCUT2D eigenvalue weighted by atomic mass is 9.93. The summed E-state index contributed by atoms with van der Waals surface area (Å²) in [7, 11) is 2.19. The van der Waals surface area contributed by atoms with Crippen LogP contribution in [0.4, 0.5) is 0 Å². The highest BCUT2D eigenvalue weighted by atomic mass is 16.5. The molecule has 2 rings (SSSR count). The number of nitrogens with zero attached hydrogens (tertiary/aromatic N) is 1. The van der Waals surface area contributed by atoms with Gasteiger partial charge >= 0.3 is 0 Å². The molecule has 0 aromatic rings. The maximum absolute atomic E-state index is 5.92. The third-order valence-electron chi connectivity index (χ3n) is 3.95. The lowest BCUT2D eigenvalue weighted by Crippen LogP contribution is -2.57. The fourth-order valence-corrected chi connectivity index (χ4v) is 2.64. The SMILES string of the molecule is CN(C1CCOCC1)C1(CN)CCOC1. The first-order valence-corrected chi connectivity index (χ1v) is 5.87. The van der Waals surface area contributed by atoms with Crippen LogP contribution in [0, 0.1) is 0 Å². The van der Waals surface area contributed by atoms with Crippen LogP contribution in [-0.4, -0.2) is 56.5 Å². The van der Waals surface area contributed by atoms with E-state index < -0.39 is 0 Å². The molecule has 4 heteroatoms. The van der Waals surface area contributed by atoms with E-state index in [-0.39, 0.29) is 5.54 Å². The summed E-state index contributed by atoms with van der Waals surface area (Å²) in [6, 6.07) is 0.615. The van der Waals surface area contributed by atoms with E-state index >= 15 is 0 Å². The van der Waals surface area contributed by atoms with Crippen molar-refractivity contribution >= 4 is 0 Å². The van der Waals surface area contributed by atoms with Gasteiger partial charge in [0.2, 0.25) is 0 Å². The maximum Gasteiger partial charge on any atom is 0.0663 e. The molecule has 0 bridgehead atoms. The Balaban J connectivity index is 2.00. The molecular formula is C11H22N2O2. The molecule has 0 aliphatic carbocycles. The van der Waals surface area contributed by atoms with Crippen molar-refractivity contribution in [1.82, 2.24) is 4.90 Å². The Labute approximate surface area is 91.7 Å². The van der Waals surface area contributed by atoms with Crippen molar-refractivity contribution in [3.8, 4) is 0 Å². The van der Waals surface area contributed by atoms with Crippen molar-refractivity contribution in [3.05, 3.63) is 0 Å². The van der Waals surface area contributed by atoms with Crippen molar-refractivity contribution in [1.29, 1.82) is 0 Å². The Morgan fingerprint density at radius 3 is 2.53 bits per heavy atom. The summed E-state index contributed by atoms with van der Waals surface area (Å²) >= 11 is 0. The Hall–Kier alpha value is -0.160. The predicted octanol–water partition coefficient (Wildman–Crippen LogP) is 0.215. The Kier molecular flexibility index (Phi) is 3.61. The van der Waals surface area contributed by atoms with Gasteiger partial charge in [-0.25, -0.2) is 0 Å². The number of likely N-dealkylation sites (N-methyl/N-ethyl adjacent to an activating group) is 1. The Morgan fingerprint density at radius 1 is 1.27 bits per heavy atom. The molecule has 2 saturated heterocycles. The summed E-state index contributed by atoms with van der Waals surface area (Å²) in [4.78, 5) is 2.45. The topological polar surface area (TPSA) is 47.7 Å². The van der Waals surface area contributed by atoms with Gasteiger partial charge in [-0.3, -0.25) is 4.90 Å². The molecule has 0 amide bonds. The third kappa shape index (κ3) is 2.18. The monoisotopic (exact) mass is 214 g/mol. The van der Waals surface area contributed by atoms with Gasteiger partial charge in [0.05, 0.1) is 12.1 Å². The highest BCUT2D eigenvalue weighted by Crippen LogP contribution is 2.28. The van der Waals surface area contributed by atoms with Crippen LogP contribution in [-0.2, 0) is 9.47 Å². The van der Waals surface area contributed by atoms with Crippen LogP contribution in [0.1, 0.15) is 19.3 Å². The maximum atomic E-state index is 5.92. The van der Waals surface area contributed by atoms with Gasteiger partial charge in [-0.2, -0.15) is 0 Å². The molecule has 1 atom stereocenters. The molecule has 88 valence electrons. The molecule has 1 unspecified atom stereocenters. The molecule has 2 N–H and O–H groups in total. The van der Waals surface area contributed by atoms with Gasteiger partial charge < -0.3 is 15.2 Å². The minimum Gasteiger partial charge on any atom is -0.381 e. The number of hydrogen-bond acceptors (Lipinski definition) is 4. The van der Waals surface area contributed by atoms with Crippen LogP contribution in [0.5, 0.6) is 0 Å². The summed E-state index contributed by atoms with van der Waals surface area (Å²) < 4.78 is 10.9. The fraction of sp³-hybridized carbons (Fsp3) is 1.00. The molecule has 0 aromatic heterocycles. The second-order valence-electron chi connectivity index (χ2n) is 4.69. The number of nitrogens with two attached hydrogens (primary N) is 1. The average Bonchev–Trinajstić information content (AvgIpc) is 2.79. The standard InChI is InChI=1S/C11H22N2O2/c1-13(10-2-5-14-6-3-10)11(8-12)4-7-15-9-11/h10H,2-9,12H2,1H3. The fourth-order valence-electron chi connectivity index (χ4n) is 2.64. The molecule has 15 heavy (non-hydrogen) atoms. The van der Waals surface area contributed by atoms with Crippen molar-refractivity contribution in [2.24, 2.45) is 5.73 Å². The molecule has 2 heterocycles. The van der Waals surface area contributed by atoms with Gasteiger partial charge in [-0.15, -0.1) is 0 Å². The molecule has 0 saturated carbocycles. The van der Waals surface area contributed by atoms with E-state index in [1.54, 1.807) is 0 Å². The number of rotatable bonds is 3. The van der Waals surface area contributed by atoms with Gasteiger partial charge in [0.1, 0.15) is 0 Å². The Morgan fingerprint density at radius 2 is 2.00 bits per heavy atom. The van der Waals surface area contributed by atoms with E-state index in [1.165, 1.54) is 0 Å². The van der Waals surface area contributed by atoms with E-state index in [0.29, 0.717) is 12.6 Å². The summed E-state index contributed by atoms with van der Waals surface area (Å²) in [5.74, 6) is 0. The van der Waals surface area contributed by atoms with Crippen molar-refractivity contribution < 1.29 is 9.47 Å². The Bertz CT molecular complexity index is 199. The minimum absolute atomic E-state index is 0.0853. The molecule has 4 nitrogen and oxygen atoms in total. The van der Waals surface area contributed by atoms with Gasteiger partial charge in [0.15, 0.2) is 0 Å². The zero-order valence-electron chi connectivity index (χ0n) is 9.58. The summed E-state index contributed by atoms with van der Waals surface area (Å²) in [5, 5.41) is 0. The second kappa shape index (κ2) is 4.78. The zero-order chi connectivity index (χ0) is 10.7. The first-order chi connectivity index (χ1) is 7.28. The van der Waals surface area contributed by atoms with E-state index in [0.717, 1.165) is 45.7 Å². The normalized spacial score (nSPS) is 33.8. The van der Waals surface area contributed by atoms with E-state index in [4.69, 9.17) is 15.2 Å². The molecule has 2 aliphatic heterocycles. The highest BCUT2D eigenvalue weighted by Gasteiger charge is 2.40. The van der Waals surface area contributed by atoms with Crippen molar-refractivity contribution in [2.75, 3.05) is 40.0 Å². The first-order valence-electron chi connectivity index (χ1n) is 5.87. The van der Waals surface area contributed by atoms with Crippen molar-refractivity contribution in [2.45, 2.75) is 30.8 Å². The number of hydrogen-bond donors (Lipinski definition) is 1. The lowest BCUT2D eigenvalue weighted by Gasteiger charge is -2.43. The smallest absolute Gasteiger partial charge is 0.0663 e. The minimum atomic E-state index is 0.0853. The van der Waals surface area contributed by atoms with E-state index in [9.17, 15) is 0 Å². The van der Waals surface area contributed by atoms with Crippen LogP contribution < -0.4 is 5.73 Å². The van der Waals surface area contributed by atoms with Crippen LogP contribution in [0.3, 0.4) is 0 Å². The van der Waals surface area contributed by atoms with E-state index in [2.05, 4.69) is 11.9 Å². The summed E-state index contributed by atoms with van der Waals surface area (Å²) in [6.45, 7) is 4.11. The van der Waals surface area contributed by atoms with Gasteiger partial charge in [0, 0.05) is 32.4 Å². The average molecular weight is 214 g/mol. The lowest BCUT2D eigenvalue weighted by molar-refractivity contribution is -0.00551. The molecule has 2 fully saturated rings.